The number of hydrogen-bond acceptors (Lipinski definition) is 2. The zero-order chi connectivity index (χ0) is 19.1. The molecule has 27 heavy (non-hydrogen) atoms. The molecule has 0 spiro atoms. The molecule has 2 amide bonds. The van der Waals surface area contributed by atoms with Crippen molar-refractivity contribution in [2.45, 2.75) is 0 Å². The van der Waals surface area contributed by atoms with Gasteiger partial charge >= 0.3 is 0 Å². The van der Waals surface area contributed by atoms with Crippen LogP contribution in [0.1, 0.15) is 5.56 Å². The Morgan fingerprint density at radius 1 is 0.704 bits per heavy atom. The lowest BCUT2D eigenvalue weighted by Crippen LogP contribution is -2.25. The molecule has 2 N–H and O–H groups in total. The van der Waals surface area contributed by atoms with Gasteiger partial charge in [0, 0.05) is 11.4 Å². The Hall–Kier alpha value is -3.73. The quantitative estimate of drug-likeness (QED) is 0.400. The normalized spacial score (nSPS) is 10.9. The molecular formula is C22H17FN2O2. The minimum atomic E-state index is -0.627. The Labute approximate surface area is 156 Å². The van der Waals surface area contributed by atoms with Crippen LogP contribution in [0.25, 0.3) is 6.08 Å². The molecule has 3 aromatic rings. The first-order valence-corrected chi connectivity index (χ1v) is 8.32. The number of para-hydroxylation sites is 1. The monoisotopic (exact) mass is 360 g/mol. The first kappa shape index (κ1) is 18.1. The van der Waals surface area contributed by atoms with Gasteiger partial charge in [-0.25, -0.2) is 4.39 Å². The summed E-state index contributed by atoms with van der Waals surface area (Å²) in [4.78, 5) is 25.4. The zero-order valence-electron chi connectivity index (χ0n) is 14.4. The van der Waals surface area contributed by atoms with E-state index in [0.717, 1.165) is 0 Å². The fourth-order valence-electron chi connectivity index (χ4n) is 2.43. The Morgan fingerprint density at radius 2 is 1.26 bits per heavy atom. The second-order valence-electron chi connectivity index (χ2n) is 5.75. The maximum absolute atomic E-state index is 13.4. The minimum absolute atomic E-state index is 0.0886. The van der Waals surface area contributed by atoms with Crippen molar-refractivity contribution in [1.29, 1.82) is 0 Å². The number of nitrogens with one attached hydrogen (secondary N) is 2. The second kappa shape index (κ2) is 8.58. The van der Waals surface area contributed by atoms with Crippen molar-refractivity contribution in [3.8, 4) is 0 Å². The van der Waals surface area contributed by atoms with E-state index in [1.54, 1.807) is 42.5 Å². The van der Waals surface area contributed by atoms with Crippen molar-refractivity contribution in [2.24, 2.45) is 0 Å². The lowest BCUT2D eigenvalue weighted by Gasteiger charge is -2.10. The van der Waals surface area contributed by atoms with Crippen LogP contribution in [0.2, 0.25) is 0 Å². The number of amides is 2. The van der Waals surface area contributed by atoms with Crippen molar-refractivity contribution in [3.63, 3.8) is 0 Å². The Kier molecular flexibility index (Phi) is 5.74. The van der Waals surface area contributed by atoms with Gasteiger partial charge in [-0.2, -0.15) is 0 Å². The largest absolute Gasteiger partial charge is 0.322 e. The molecule has 0 aliphatic heterocycles. The summed E-state index contributed by atoms with van der Waals surface area (Å²) in [6.07, 6.45) is 1.49. The number of rotatable bonds is 5. The van der Waals surface area contributed by atoms with Crippen LogP contribution >= 0.6 is 0 Å². The number of benzene rings is 3. The summed E-state index contributed by atoms with van der Waals surface area (Å²) < 4.78 is 13.4. The van der Waals surface area contributed by atoms with Crippen LogP contribution in [-0.2, 0) is 9.59 Å². The number of carbonyl (C=O) groups excluding carboxylic acids is 2. The minimum Gasteiger partial charge on any atom is -0.322 e. The van der Waals surface area contributed by atoms with Gasteiger partial charge in [-0.15, -0.1) is 0 Å². The number of hydrogen-bond donors (Lipinski definition) is 2. The molecule has 0 saturated carbocycles. The molecule has 4 nitrogen and oxygen atoms in total. The maximum atomic E-state index is 13.4. The average molecular weight is 360 g/mol. The van der Waals surface area contributed by atoms with E-state index in [9.17, 15) is 14.0 Å². The van der Waals surface area contributed by atoms with Crippen LogP contribution < -0.4 is 10.6 Å². The van der Waals surface area contributed by atoms with Gasteiger partial charge < -0.3 is 10.6 Å². The second-order valence-corrected chi connectivity index (χ2v) is 5.75. The van der Waals surface area contributed by atoms with E-state index in [0.29, 0.717) is 11.3 Å². The summed E-state index contributed by atoms with van der Waals surface area (Å²) in [5, 5.41) is 5.26. The van der Waals surface area contributed by atoms with Gasteiger partial charge in [-0.3, -0.25) is 9.59 Å². The van der Waals surface area contributed by atoms with E-state index < -0.39 is 17.6 Å². The standard InChI is InChI=1S/C22H17FN2O2/c23-17-10-7-13-19(15-17)25-22(27)20(14-16-8-3-1-4-9-16)21(26)24-18-11-5-2-6-12-18/h1-15H,(H,24,26)(H,25,27)/b20-14+. The van der Waals surface area contributed by atoms with Gasteiger partial charge in [0.25, 0.3) is 11.8 Å². The van der Waals surface area contributed by atoms with Gasteiger partial charge in [0.1, 0.15) is 11.4 Å². The Morgan fingerprint density at radius 3 is 1.89 bits per heavy atom. The first-order valence-electron chi connectivity index (χ1n) is 8.32. The SMILES string of the molecule is O=C(Nc1ccccc1)/C(=C\c1ccccc1)C(=O)Nc1cccc(F)c1. The third kappa shape index (κ3) is 5.12. The van der Waals surface area contributed by atoms with Gasteiger partial charge in [-0.1, -0.05) is 54.6 Å². The van der Waals surface area contributed by atoms with Crippen molar-refractivity contribution >= 4 is 29.3 Å². The smallest absolute Gasteiger partial charge is 0.261 e. The number of halogens is 1. The molecule has 0 fully saturated rings. The molecule has 0 unspecified atom stereocenters. The first-order chi connectivity index (χ1) is 13.1. The molecule has 0 aliphatic rings. The van der Waals surface area contributed by atoms with Crippen molar-refractivity contribution in [3.05, 3.63) is 102 Å². The van der Waals surface area contributed by atoms with Crippen LogP contribution in [0.4, 0.5) is 15.8 Å². The highest BCUT2D eigenvalue weighted by Crippen LogP contribution is 2.15. The van der Waals surface area contributed by atoms with E-state index >= 15 is 0 Å². The molecule has 134 valence electrons. The highest BCUT2D eigenvalue weighted by molar-refractivity contribution is 6.28. The number of carbonyl (C=O) groups is 2. The predicted molar refractivity (Wildman–Crippen MR) is 105 cm³/mol. The summed E-state index contributed by atoms with van der Waals surface area (Å²) >= 11 is 0. The molecule has 0 radical (unpaired) electrons. The van der Waals surface area contributed by atoms with Crippen LogP contribution in [-0.4, -0.2) is 11.8 Å². The highest BCUT2D eigenvalue weighted by Gasteiger charge is 2.19. The third-order valence-corrected chi connectivity index (χ3v) is 3.71. The van der Waals surface area contributed by atoms with Crippen molar-refractivity contribution in [1.82, 2.24) is 0 Å². The molecule has 0 saturated heterocycles. The Balaban J connectivity index is 1.88. The fourth-order valence-corrected chi connectivity index (χ4v) is 2.43. The molecule has 0 heterocycles. The molecule has 0 bridgehead atoms. The fraction of sp³-hybridized carbons (Fsp3) is 0. The molecule has 0 aliphatic carbocycles. The lowest BCUT2D eigenvalue weighted by atomic mass is 10.1. The van der Waals surface area contributed by atoms with E-state index in [1.807, 2.05) is 24.3 Å². The third-order valence-electron chi connectivity index (χ3n) is 3.71. The zero-order valence-corrected chi connectivity index (χ0v) is 14.4. The van der Waals surface area contributed by atoms with Crippen molar-refractivity contribution < 1.29 is 14.0 Å². The van der Waals surface area contributed by atoms with E-state index in [-0.39, 0.29) is 11.3 Å². The van der Waals surface area contributed by atoms with Gasteiger partial charge in [0.2, 0.25) is 0 Å². The predicted octanol–water partition coefficient (Wildman–Crippen LogP) is 4.49. The van der Waals surface area contributed by atoms with Crippen LogP contribution in [0.15, 0.2) is 90.5 Å². The van der Waals surface area contributed by atoms with Gasteiger partial charge in [-0.05, 0) is 42.0 Å². The summed E-state index contributed by atoms with van der Waals surface area (Å²) in [5.41, 5.74) is 1.45. The van der Waals surface area contributed by atoms with Crippen molar-refractivity contribution in [2.75, 3.05) is 10.6 Å². The highest BCUT2D eigenvalue weighted by atomic mass is 19.1. The summed E-state index contributed by atoms with van der Waals surface area (Å²) in [6, 6.07) is 23.4. The van der Waals surface area contributed by atoms with E-state index in [4.69, 9.17) is 0 Å². The van der Waals surface area contributed by atoms with Crippen LogP contribution in [0, 0.1) is 5.82 Å². The van der Waals surface area contributed by atoms with E-state index in [2.05, 4.69) is 10.6 Å². The van der Waals surface area contributed by atoms with Gasteiger partial charge in [0.15, 0.2) is 0 Å². The molecule has 3 rings (SSSR count). The maximum Gasteiger partial charge on any atom is 0.261 e. The summed E-state index contributed by atoms with van der Waals surface area (Å²) in [6.45, 7) is 0. The molecule has 0 aromatic heterocycles. The topological polar surface area (TPSA) is 58.2 Å². The lowest BCUT2D eigenvalue weighted by molar-refractivity contribution is -0.118. The summed E-state index contributed by atoms with van der Waals surface area (Å²) in [7, 11) is 0. The molecule has 3 aromatic carbocycles. The van der Waals surface area contributed by atoms with E-state index in [1.165, 1.54) is 24.3 Å². The average Bonchev–Trinajstić information content (AvgIpc) is 2.67. The Bertz CT molecular complexity index is 970. The molecular weight excluding hydrogens is 343 g/mol. The van der Waals surface area contributed by atoms with Crippen LogP contribution in [0.3, 0.4) is 0 Å². The summed E-state index contributed by atoms with van der Waals surface area (Å²) in [5.74, 6) is -1.66. The number of anilines is 2. The van der Waals surface area contributed by atoms with Gasteiger partial charge in [0.05, 0.1) is 0 Å². The molecule has 0 atom stereocenters. The van der Waals surface area contributed by atoms with Crippen LogP contribution in [0.5, 0.6) is 0 Å². The molecule has 5 heteroatoms.